The van der Waals surface area contributed by atoms with Gasteiger partial charge >= 0.3 is 0 Å². The third-order valence-electron chi connectivity index (χ3n) is 1.08. The molecule has 1 aliphatic heterocycles. The second-order valence-electron chi connectivity index (χ2n) is 1.97. The Morgan fingerprint density at radius 3 is 2.78 bits per heavy atom. The molecule has 0 bridgehead atoms. The van der Waals surface area contributed by atoms with Gasteiger partial charge in [-0.15, -0.1) is 0 Å². The molecule has 0 N–H and O–H groups in total. The van der Waals surface area contributed by atoms with E-state index >= 15 is 0 Å². The van der Waals surface area contributed by atoms with Crippen molar-refractivity contribution in [2.75, 3.05) is 19.8 Å². The summed E-state index contributed by atoms with van der Waals surface area (Å²) in [6.45, 7) is 0.509. The molecule has 0 saturated carbocycles. The van der Waals surface area contributed by atoms with Crippen LogP contribution in [-0.2, 0) is 8.92 Å². The molecular weight excluding hydrogens is 258 g/mol. The van der Waals surface area contributed by atoms with Gasteiger partial charge in [-0.05, 0) is 0 Å². The van der Waals surface area contributed by atoms with Crippen LogP contribution in [0.4, 0.5) is 4.39 Å². The molecule has 0 aromatic heterocycles. The van der Waals surface area contributed by atoms with Gasteiger partial charge in [0, 0.05) is 21.2 Å². The van der Waals surface area contributed by atoms with Crippen molar-refractivity contribution in [3.63, 3.8) is 0 Å². The van der Waals surface area contributed by atoms with Crippen molar-refractivity contribution < 1.29 is 13.3 Å². The molecule has 5 heteroatoms. The van der Waals surface area contributed by atoms with E-state index in [1.165, 1.54) is 0 Å². The number of alkyl halides is 1. The van der Waals surface area contributed by atoms with Gasteiger partial charge in [-0.3, -0.25) is 0 Å². The Hall–Kier alpha value is 0.930. The lowest BCUT2D eigenvalue weighted by Gasteiger charge is -2.32. The van der Waals surface area contributed by atoms with E-state index in [9.17, 15) is 4.39 Å². The highest BCUT2D eigenvalue weighted by Crippen LogP contribution is 2.25. The largest absolute Gasteiger partial charge is 0.374 e. The van der Waals surface area contributed by atoms with Crippen LogP contribution >= 0.6 is 30.4 Å². The predicted molar refractivity (Wildman–Crippen MR) is 42.2 cm³/mol. The number of ether oxygens (including phenoxy) is 1. The quantitative estimate of drug-likeness (QED) is 0.571. The van der Waals surface area contributed by atoms with Crippen molar-refractivity contribution in [3.05, 3.63) is 0 Å². The Kier molecular flexibility index (Phi) is 3.00. The van der Waals surface area contributed by atoms with Crippen molar-refractivity contribution in [2.45, 2.75) is 5.67 Å². The molecule has 1 fully saturated rings. The van der Waals surface area contributed by atoms with Crippen LogP contribution in [0.15, 0.2) is 0 Å². The SMILES string of the molecule is FC1(COSI)COC1. The summed E-state index contributed by atoms with van der Waals surface area (Å²) in [5.41, 5.74) is -1.20. The molecule has 0 aromatic rings. The number of hydrogen-bond donors (Lipinski definition) is 0. The van der Waals surface area contributed by atoms with Crippen molar-refractivity contribution in [3.8, 4) is 0 Å². The first-order chi connectivity index (χ1) is 4.27. The van der Waals surface area contributed by atoms with Crippen molar-refractivity contribution in [1.82, 2.24) is 0 Å². The first-order valence-electron chi connectivity index (χ1n) is 2.44. The summed E-state index contributed by atoms with van der Waals surface area (Å²) >= 11 is 1.95. The monoisotopic (exact) mass is 264 g/mol. The molecule has 0 aliphatic carbocycles. The van der Waals surface area contributed by atoms with E-state index in [2.05, 4.69) is 4.74 Å². The molecular formula is C4H6FIO2S. The maximum atomic E-state index is 12.8. The standard InChI is InChI=1S/C4H6FIO2S/c5-4(1-7-2-4)3-8-9-6/h1-3H2. The second kappa shape index (κ2) is 3.36. The van der Waals surface area contributed by atoms with E-state index < -0.39 is 5.67 Å². The highest BCUT2D eigenvalue weighted by Gasteiger charge is 2.39. The zero-order valence-electron chi connectivity index (χ0n) is 4.60. The van der Waals surface area contributed by atoms with E-state index in [-0.39, 0.29) is 19.8 Å². The summed E-state index contributed by atoms with van der Waals surface area (Å²) < 4.78 is 22.3. The number of halogens is 2. The molecule has 0 radical (unpaired) electrons. The van der Waals surface area contributed by atoms with Crippen LogP contribution in [0, 0.1) is 0 Å². The minimum Gasteiger partial charge on any atom is -0.374 e. The summed E-state index contributed by atoms with van der Waals surface area (Å²) in [7, 11) is 1.15. The van der Waals surface area contributed by atoms with E-state index in [4.69, 9.17) is 4.18 Å². The normalized spacial score (nSPS) is 23.3. The first kappa shape index (κ1) is 8.03. The molecule has 0 atom stereocenters. The lowest BCUT2D eigenvalue weighted by Crippen LogP contribution is -2.48. The van der Waals surface area contributed by atoms with Crippen LogP contribution in [0.2, 0.25) is 0 Å². The molecule has 2 nitrogen and oxygen atoms in total. The van der Waals surface area contributed by atoms with Gasteiger partial charge in [0.25, 0.3) is 0 Å². The van der Waals surface area contributed by atoms with Gasteiger partial charge in [0.05, 0.1) is 22.4 Å². The summed E-state index contributed by atoms with van der Waals surface area (Å²) in [4.78, 5) is 0. The van der Waals surface area contributed by atoms with Crippen molar-refractivity contribution >= 4 is 30.4 Å². The van der Waals surface area contributed by atoms with Crippen LogP contribution in [0.1, 0.15) is 0 Å². The molecule has 1 heterocycles. The maximum Gasteiger partial charge on any atom is 0.181 e. The summed E-state index contributed by atoms with van der Waals surface area (Å²) in [6, 6.07) is 0. The highest BCUT2D eigenvalue weighted by atomic mass is 127. The van der Waals surface area contributed by atoms with Gasteiger partial charge < -0.3 is 8.92 Å². The topological polar surface area (TPSA) is 18.5 Å². The Morgan fingerprint density at radius 1 is 1.78 bits per heavy atom. The van der Waals surface area contributed by atoms with Crippen LogP contribution in [0.5, 0.6) is 0 Å². The van der Waals surface area contributed by atoms with E-state index in [0.29, 0.717) is 0 Å². The maximum absolute atomic E-state index is 12.8. The molecule has 1 rings (SSSR count). The van der Waals surface area contributed by atoms with Crippen molar-refractivity contribution in [1.29, 1.82) is 0 Å². The molecule has 0 amide bonds. The first-order valence-corrected chi connectivity index (χ1v) is 5.72. The van der Waals surface area contributed by atoms with Crippen LogP contribution in [0.25, 0.3) is 0 Å². The Balaban J connectivity index is 2.09. The van der Waals surface area contributed by atoms with Crippen molar-refractivity contribution in [2.24, 2.45) is 0 Å². The fourth-order valence-corrected chi connectivity index (χ4v) is 1.17. The summed E-state index contributed by atoms with van der Waals surface area (Å²) in [5.74, 6) is 0. The lowest BCUT2D eigenvalue weighted by molar-refractivity contribution is -0.143. The zero-order chi connectivity index (χ0) is 6.74. The van der Waals surface area contributed by atoms with E-state index in [1.54, 1.807) is 0 Å². The number of hydrogen-bond acceptors (Lipinski definition) is 3. The Labute approximate surface area is 69.3 Å². The third kappa shape index (κ3) is 2.21. The smallest absolute Gasteiger partial charge is 0.181 e. The lowest BCUT2D eigenvalue weighted by atomic mass is 10.1. The molecule has 0 spiro atoms. The molecule has 9 heavy (non-hydrogen) atoms. The minimum atomic E-state index is -1.20. The minimum absolute atomic E-state index is 0.139. The second-order valence-corrected chi connectivity index (χ2v) is 3.41. The fraction of sp³-hybridized carbons (Fsp3) is 1.00. The number of rotatable bonds is 3. The van der Waals surface area contributed by atoms with Gasteiger partial charge in [-0.25, -0.2) is 4.39 Å². The van der Waals surface area contributed by atoms with Gasteiger partial charge in [-0.1, -0.05) is 0 Å². The van der Waals surface area contributed by atoms with E-state index in [0.717, 1.165) is 9.21 Å². The van der Waals surface area contributed by atoms with Gasteiger partial charge in [-0.2, -0.15) is 0 Å². The van der Waals surface area contributed by atoms with Gasteiger partial charge in [0.2, 0.25) is 0 Å². The van der Waals surface area contributed by atoms with E-state index in [1.807, 2.05) is 21.2 Å². The molecule has 54 valence electrons. The summed E-state index contributed by atoms with van der Waals surface area (Å²) in [6.07, 6.45) is 0. The molecule has 0 unspecified atom stereocenters. The van der Waals surface area contributed by atoms with Crippen LogP contribution in [-0.4, -0.2) is 25.5 Å². The molecule has 0 aromatic carbocycles. The Bertz CT molecular complexity index is 98.6. The molecule has 1 aliphatic rings. The molecule has 1 saturated heterocycles. The van der Waals surface area contributed by atoms with Crippen LogP contribution in [0.3, 0.4) is 0 Å². The predicted octanol–water partition coefficient (Wildman–Crippen LogP) is 1.74. The van der Waals surface area contributed by atoms with Crippen LogP contribution < -0.4 is 0 Å². The average Bonchev–Trinajstić information content (AvgIpc) is 1.79. The average molecular weight is 264 g/mol. The third-order valence-corrected chi connectivity index (χ3v) is 2.05. The summed E-state index contributed by atoms with van der Waals surface area (Å²) in [5, 5.41) is 0. The van der Waals surface area contributed by atoms with Gasteiger partial charge in [0.1, 0.15) is 6.61 Å². The highest BCUT2D eigenvalue weighted by molar-refractivity contribution is 14.2. The fourth-order valence-electron chi connectivity index (χ4n) is 0.535. The Morgan fingerprint density at radius 2 is 2.44 bits per heavy atom. The zero-order valence-corrected chi connectivity index (χ0v) is 7.58. The van der Waals surface area contributed by atoms with Gasteiger partial charge in [0.15, 0.2) is 5.67 Å².